The number of aromatic carboxylic acids is 1. The molecule has 5 heteroatoms. The van der Waals surface area contributed by atoms with E-state index >= 15 is 0 Å². The van der Waals surface area contributed by atoms with Crippen LogP contribution in [0.15, 0.2) is 0 Å². The molecule has 1 rings (SSSR count). The third-order valence-electron chi connectivity index (χ3n) is 2.86. The Labute approximate surface area is 112 Å². The summed E-state index contributed by atoms with van der Waals surface area (Å²) in [6, 6.07) is 0.405. The van der Waals surface area contributed by atoms with E-state index in [1.54, 1.807) is 6.92 Å². The molecule has 0 amide bonds. The van der Waals surface area contributed by atoms with E-state index in [2.05, 4.69) is 24.1 Å². The minimum atomic E-state index is -0.890. The van der Waals surface area contributed by atoms with Crippen LogP contribution in [0, 0.1) is 6.92 Å². The molecule has 0 aliphatic rings. The zero-order valence-electron chi connectivity index (χ0n) is 11.3. The zero-order valence-corrected chi connectivity index (χ0v) is 12.1. The van der Waals surface area contributed by atoms with Gasteiger partial charge in [-0.2, -0.15) is 0 Å². The Bertz CT molecular complexity index is 390. The van der Waals surface area contributed by atoms with E-state index in [1.807, 2.05) is 0 Å². The van der Waals surface area contributed by atoms with Gasteiger partial charge < -0.3 is 10.4 Å². The summed E-state index contributed by atoms with van der Waals surface area (Å²) in [4.78, 5) is 15.6. The van der Waals surface area contributed by atoms with E-state index in [1.165, 1.54) is 24.2 Å². The van der Waals surface area contributed by atoms with Crippen LogP contribution in [0.2, 0.25) is 0 Å². The molecule has 1 atom stereocenters. The Hall–Kier alpha value is -1.10. The molecule has 1 aromatic heterocycles. The summed E-state index contributed by atoms with van der Waals surface area (Å²) in [7, 11) is 0. The van der Waals surface area contributed by atoms with E-state index < -0.39 is 5.97 Å². The van der Waals surface area contributed by atoms with Gasteiger partial charge >= 0.3 is 5.97 Å². The molecule has 102 valence electrons. The van der Waals surface area contributed by atoms with E-state index in [-0.39, 0.29) is 0 Å². The number of carboxylic acid groups (broad SMARTS) is 1. The molecule has 0 spiro atoms. The number of unbranched alkanes of at least 4 members (excludes halogenated alkanes) is 1. The molecule has 0 aliphatic heterocycles. The van der Waals surface area contributed by atoms with Gasteiger partial charge in [0.25, 0.3) is 0 Å². The summed E-state index contributed by atoms with van der Waals surface area (Å²) in [5, 5.41) is 13.1. The maximum atomic E-state index is 11.0. The average molecular weight is 270 g/mol. The number of anilines is 1. The van der Waals surface area contributed by atoms with E-state index in [0.717, 1.165) is 24.4 Å². The van der Waals surface area contributed by atoms with Crippen LogP contribution < -0.4 is 5.32 Å². The number of carboxylic acids is 1. The summed E-state index contributed by atoms with van der Waals surface area (Å²) >= 11 is 1.23. The van der Waals surface area contributed by atoms with E-state index in [9.17, 15) is 4.79 Å². The molecule has 0 aliphatic carbocycles. The van der Waals surface area contributed by atoms with Crippen molar-refractivity contribution in [1.29, 1.82) is 0 Å². The molecule has 0 radical (unpaired) electrons. The van der Waals surface area contributed by atoms with Gasteiger partial charge in [0, 0.05) is 6.04 Å². The first-order valence-electron chi connectivity index (χ1n) is 6.55. The third kappa shape index (κ3) is 4.29. The molecule has 0 saturated carbocycles. The van der Waals surface area contributed by atoms with Crippen LogP contribution >= 0.6 is 11.3 Å². The SMILES string of the molecule is CCCCC(CCC)Nc1nc(C)c(C(=O)O)s1. The molecular weight excluding hydrogens is 248 g/mol. The maximum absolute atomic E-state index is 11.0. The predicted molar refractivity (Wildman–Crippen MR) is 75.7 cm³/mol. The molecular formula is C13H22N2O2S. The topological polar surface area (TPSA) is 62.2 Å². The van der Waals surface area contributed by atoms with Crippen molar-refractivity contribution in [2.75, 3.05) is 5.32 Å². The quantitative estimate of drug-likeness (QED) is 0.751. The molecule has 0 bridgehead atoms. The van der Waals surface area contributed by atoms with Gasteiger partial charge in [0.15, 0.2) is 5.13 Å². The Morgan fingerprint density at radius 2 is 2.11 bits per heavy atom. The number of thiazole rings is 1. The summed E-state index contributed by atoms with van der Waals surface area (Å²) in [5.74, 6) is -0.890. The predicted octanol–water partition coefficient (Wildman–Crippen LogP) is 3.92. The fourth-order valence-corrected chi connectivity index (χ4v) is 2.80. The molecule has 18 heavy (non-hydrogen) atoms. The van der Waals surface area contributed by atoms with Crippen LogP contribution in [0.4, 0.5) is 5.13 Å². The highest BCUT2D eigenvalue weighted by Crippen LogP contribution is 2.24. The van der Waals surface area contributed by atoms with Gasteiger partial charge in [0.05, 0.1) is 5.69 Å². The Morgan fingerprint density at radius 1 is 1.39 bits per heavy atom. The van der Waals surface area contributed by atoms with Crippen molar-refractivity contribution >= 4 is 22.4 Å². The van der Waals surface area contributed by atoms with Crippen LogP contribution in [0.5, 0.6) is 0 Å². The minimum absolute atomic E-state index is 0.336. The molecule has 1 heterocycles. The number of hydrogen-bond donors (Lipinski definition) is 2. The molecule has 2 N–H and O–H groups in total. The number of rotatable bonds is 8. The van der Waals surface area contributed by atoms with Gasteiger partial charge in [0.1, 0.15) is 4.88 Å². The van der Waals surface area contributed by atoms with Crippen LogP contribution in [-0.4, -0.2) is 22.1 Å². The van der Waals surface area contributed by atoms with Gasteiger partial charge in [-0.25, -0.2) is 9.78 Å². The smallest absolute Gasteiger partial charge is 0.347 e. The summed E-state index contributed by atoms with van der Waals surface area (Å²) in [6.07, 6.45) is 5.71. The van der Waals surface area contributed by atoms with Crippen LogP contribution in [0.3, 0.4) is 0 Å². The summed E-state index contributed by atoms with van der Waals surface area (Å²) in [5.41, 5.74) is 0.598. The van der Waals surface area contributed by atoms with Crippen molar-refractivity contribution < 1.29 is 9.90 Å². The van der Waals surface area contributed by atoms with Gasteiger partial charge in [0.2, 0.25) is 0 Å². The van der Waals surface area contributed by atoms with Crippen molar-refractivity contribution in [3.63, 3.8) is 0 Å². The second kappa shape index (κ2) is 7.36. The molecule has 4 nitrogen and oxygen atoms in total. The number of nitrogens with zero attached hydrogens (tertiary/aromatic N) is 1. The van der Waals surface area contributed by atoms with Crippen LogP contribution in [0.25, 0.3) is 0 Å². The Kier molecular flexibility index (Phi) is 6.12. The van der Waals surface area contributed by atoms with Gasteiger partial charge in [-0.05, 0) is 19.8 Å². The first-order valence-corrected chi connectivity index (χ1v) is 7.37. The second-order valence-electron chi connectivity index (χ2n) is 4.51. The monoisotopic (exact) mass is 270 g/mol. The lowest BCUT2D eigenvalue weighted by Gasteiger charge is -2.16. The summed E-state index contributed by atoms with van der Waals surface area (Å²) in [6.45, 7) is 6.08. The second-order valence-corrected chi connectivity index (χ2v) is 5.51. The standard InChI is InChI=1S/C13H22N2O2S/c1-4-6-8-10(7-5-2)15-13-14-9(3)11(18-13)12(16)17/h10H,4-8H2,1-3H3,(H,14,15)(H,16,17). The number of aromatic nitrogens is 1. The van der Waals surface area contributed by atoms with Crippen molar-refractivity contribution in [3.8, 4) is 0 Å². The lowest BCUT2D eigenvalue weighted by molar-refractivity contribution is 0.0701. The fourth-order valence-electron chi connectivity index (χ4n) is 1.92. The number of aryl methyl sites for hydroxylation is 1. The van der Waals surface area contributed by atoms with Crippen LogP contribution in [-0.2, 0) is 0 Å². The highest BCUT2D eigenvalue weighted by molar-refractivity contribution is 7.17. The lowest BCUT2D eigenvalue weighted by atomic mass is 10.1. The largest absolute Gasteiger partial charge is 0.477 e. The lowest BCUT2D eigenvalue weighted by Crippen LogP contribution is -2.18. The average Bonchev–Trinajstić information content (AvgIpc) is 2.67. The highest BCUT2D eigenvalue weighted by Gasteiger charge is 2.16. The first kappa shape index (κ1) is 15.0. The Morgan fingerprint density at radius 3 is 2.61 bits per heavy atom. The van der Waals surface area contributed by atoms with Crippen molar-refractivity contribution in [3.05, 3.63) is 10.6 Å². The number of hydrogen-bond acceptors (Lipinski definition) is 4. The van der Waals surface area contributed by atoms with E-state index in [4.69, 9.17) is 5.11 Å². The van der Waals surface area contributed by atoms with Gasteiger partial charge in [-0.15, -0.1) is 0 Å². The number of nitrogens with one attached hydrogen (secondary N) is 1. The normalized spacial score (nSPS) is 12.4. The maximum Gasteiger partial charge on any atom is 0.347 e. The summed E-state index contributed by atoms with van der Waals surface area (Å²) < 4.78 is 0. The molecule has 0 saturated heterocycles. The van der Waals surface area contributed by atoms with E-state index in [0.29, 0.717) is 16.6 Å². The van der Waals surface area contributed by atoms with Crippen molar-refractivity contribution in [2.24, 2.45) is 0 Å². The van der Waals surface area contributed by atoms with Crippen molar-refractivity contribution in [1.82, 2.24) is 4.98 Å². The fraction of sp³-hybridized carbons (Fsp3) is 0.692. The zero-order chi connectivity index (χ0) is 13.5. The third-order valence-corrected chi connectivity index (χ3v) is 3.94. The Balaban J connectivity index is 2.68. The first-order chi connectivity index (χ1) is 8.58. The minimum Gasteiger partial charge on any atom is -0.477 e. The molecule has 0 fully saturated rings. The molecule has 1 aromatic rings. The molecule has 0 aromatic carbocycles. The van der Waals surface area contributed by atoms with Crippen molar-refractivity contribution in [2.45, 2.75) is 58.9 Å². The number of carbonyl (C=O) groups is 1. The van der Waals surface area contributed by atoms with Gasteiger partial charge in [-0.1, -0.05) is 44.4 Å². The van der Waals surface area contributed by atoms with Crippen LogP contribution in [0.1, 0.15) is 61.3 Å². The molecule has 1 unspecified atom stereocenters. The highest BCUT2D eigenvalue weighted by atomic mass is 32.1. The van der Waals surface area contributed by atoms with Gasteiger partial charge in [-0.3, -0.25) is 0 Å².